The Morgan fingerprint density at radius 2 is 2.00 bits per heavy atom. The van der Waals surface area contributed by atoms with Gasteiger partial charge in [-0.1, -0.05) is 32.0 Å². The minimum absolute atomic E-state index is 0.231. The summed E-state index contributed by atoms with van der Waals surface area (Å²) in [6, 6.07) is 10.0. The summed E-state index contributed by atoms with van der Waals surface area (Å²) in [4.78, 5) is 26.1. The number of para-hydroxylation sites is 1. The first-order chi connectivity index (χ1) is 12.4. The fourth-order valence-corrected chi connectivity index (χ4v) is 3.81. The predicted molar refractivity (Wildman–Crippen MR) is 105 cm³/mol. The third-order valence-corrected chi connectivity index (χ3v) is 5.25. The molecule has 0 aliphatic carbocycles. The Morgan fingerprint density at radius 3 is 2.69 bits per heavy atom. The molecule has 0 atom stereocenters. The van der Waals surface area contributed by atoms with Crippen molar-refractivity contribution in [3.8, 4) is 0 Å². The lowest BCUT2D eigenvalue weighted by Crippen LogP contribution is -2.25. The second-order valence-electron chi connectivity index (χ2n) is 6.69. The largest absolute Gasteiger partial charge is 0.454 e. The molecular weight excluding hydrogens is 346 g/mol. The zero-order valence-electron chi connectivity index (χ0n) is 15.1. The number of likely N-dealkylation sites (N-methyl/N-ethyl adjacent to an activating group) is 1. The van der Waals surface area contributed by atoms with E-state index in [1.807, 2.05) is 47.0 Å². The molecule has 0 saturated carbocycles. The minimum atomic E-state index is -0.523. The standard InChI is InChI=1S/C21H21NO3S/c1-21(2)17-6-4-5-7-18(17)22(3)19(21)12-16(23)13-25-20(24)9-8-15-10-11-26-14-15/h4-12,14H,13H2,1-3H3/b9-8+,19-12?. The van der Waals surface area contributed by atoms with Crippen LogP contribution in [0.1, 0.15) is 25.0 Å². The van der Waals surface area contributed by atoms with Gasteiger partial charge in [0, 0.05) is 36.0 Å². The van der Waals surface area contributed by atoms with E-state index in [0.717, 1.165) is 16.9 Å². The van der Waals surface area contributed by atoms with Crippen LogP contribution < -0.4 is 4.90 Å². The van der Waals surface area contributed by atoms with Gasteiger partial charge < -0.3 is 9.64 Å². The van der Waals surface area contributed by atoms with Crippen molar-refractivity contribution in [1.82, 2.24) is 0 Å². The third-order valence-electron chi connectivity index (χ3n) is 4.55. The zero-order chi connectivity index (χ0) is 18.7. The molecule has 4 nitrogen and oxygen atoms in total. The van der Waals surface area contributed by atoms with Gasteiger partial charge in [-0.15, -0.1) is 0 Å². The summed E-state index contributed by atoms with van der Waals surface area (Å²) in [6.45, 7) is 3.91. The molecule has 5 heteroatoms. The minimum Gasteiger partial charge on any atom is -0.454 e. The fourth-order valence-electron chi connectivity index (χ4n) is 3.18. The summed E-state index contributed by atoms with van der Waals surface area (Å²) < 4.78 is 5.06. The van der Waals surface area contributed by atoms with E-state index in [1.165, 1.54) is 11.6 Å². The first-order valence-corrected chi connectivity index (χ1v) is 9.29. The van der Waals surface area contributed by atoms with Gasteiger partial charge in [-0.05, 0) is 40.1 Å². The number of ketones is 1. The van der Waals surface area contributed by atoms with Gasteiger partial charge in [0.1, 0.15) is 0 Å². The van der Waals surface area contributed by atoms with Crippen LogP contribution in [0.3, 0.4) is 0 Å². The summed E-state index contributed by atoms with van der Waals surface area (Å²) in [6.07, 6.45) is 4.59. The molecule has 0 saturated heterocycles. The van der Waals surface area contributed by atoms with E-state index in [2.05, 4.69) is 19.9 Å². The van der Waals surface area contributed by atoms with E-state index in [1.54, 1.807) is 23.5 Å². The van der Waals surface area contributed by atoms with Crippen molar-refractivity contribution >= 4 is 34.9 Å². The lowest BCUT2D eigenvalue weighted by molar-refractivity contribution is -0.141. The van der Waals surface area contributed by atoms with E-state index in [9.17, 15) is 9.59 Å². The fraction of sp³-hybridized carbons (Fsp3) is 0.238. The van der Waals surface area contributed by atoms with E-state index < -0.39 is 5.97 Å². The number of anilines is 1. The van der Waals surface area contributed by atoms with Gasteiger partial charge >= 0.3 is 5.97 Å². The molecule has 1 aliphatic heterocycles. The van der Waals surface area contributed by atoms with Gasteiger partial charge in [0.25, 0.3) is 0 Å². The van der Waals surface area contributed by atoms with Crippen molar-refractivity contribution in [3.63, 3.8) is 0 Å². The molecule has 2 aromatic rings. The van der Waals surface area contributed by atoms with Gasteiger partial charge in [0.05, 0.1) is 0 Å². The summed E-state index contributed by atoms with van der Waals surface area (Å²) in [5.41, 5.74) is 3.83. The van der Waals surface area contributed by atoms with Crippen LogP contribution in [0.15, 0.2) is 58.9 Å². The summed E-state index contributed by atoms with van der Waals surface area (Å²) >= 11 is 1.55. The van der Waals surface area contributed by atoms with E-state index in [0.29, 0.717) is 0 Å². The molecule has 1 aromatic carbocycles. The molecule has 0 amide bonds. The molecule has 1 aromatic heterocycles. The maximum atomic E-state index is 12.3. The Hall–Kier alpha value is -2.66. The predicted octanol–water partition coefficient (Wildman–Crippen LogP) is 4.19. The Kier molecular flexibility index (Phi) is 5.09. The number of carbonyl (C=O) groups excluding carboxylic acids is 2. The first kappa shape index (κ1) is 18.1. The molecule has 0 radical (unpaired) electrons. The summed E-state index contributed by atoms with van der Waals surface area (Å²) in [7, 11) is 1.95. The average molecular weight is 367 g/mol. The quantitative estimate of drug-likeness (QED) is 0.587. The Balaban J connectivity index is 1.65. The van der Waals surface area contributed by atoms with Gasteiger partial charge in [0.15, 0.2) is 12.4 Å². The number of nitrogens with zero attached hydrogens (tertiary/aromatic N) is 1. The van der Waals surface area contributed by atoms with Gasteiger partial charge in [-0.2, -0.15) is 11.3 Å². The number of rotatable bonds is 5. The molecule has 0 N–H and O–H groups in total. The van der Waals surface area contributed by atoms with Crippen LogP contribution in [0.4, 0.5) is 5.69 Å². The molecule has 0 spiro atoms. The molecule has 1 aliphatic rings. The van der Waals surface area contributed by atoms with Crippen LogP contribution in [0.5, 0.6) is 0 Å². The SMILES string of the molecule is CN1C(=CC(=O)COC(=O)/C=C/c2ccsc2)C(C)(C)c2ccccc21. The highest BCUT2D eigenvalue weighted by Crippen LogP contribution is 2.46. The van der Waals surface area contributed by atoms with E-state index in [-0.39, 0.29) is 17.8 Å². The molecule has 0 fully saturated rings. The van der Waals surface area contributed by atoms with Crippen molar-refractivity contribution in [2.45, 2.75) is 19.3 Å². The number of hydrogen-bond acceptors (Lipinski definition) is 5. The Labute approximate surface area is 157 Å². The molecule has 3 rings (SSSR count). The molecule has 2 heterocycles. The van der Waals surface area contributed by atoms with Crippen LogP contribution in [-0.4, -0.2) is 25.4 Å². The van der Waals surface area contributed by atoms with Crippen molar-refractivity contribution < 1.29 is 14.3 Å². The number of thiophene rings is 1. The van der Waals surface area contributed by atoms with Crippen LogP contribution in [0.2, 0.25) is 0 Å². The maximum Gasteiger partial charge on any atom is 0.331 e. The first-order valence-electron chi connectivity index (χ1n) is 8.35. The second kappa shape index (κ2) is 7.30. The van der Waals surface area contributed by atoms with Gasteiger partial charge in [-0.3, -0.25) is 4.79 Å². The zero-order valence-corrected chi connectivity index (χ0v) is 15.9. The number of benzene rings is 1. The maximum absolute atomic E-state index is 12.3. The number of esters is 1. The highest BCUT2D eigenvalue weighted by atomic mass is 32.1. The van der Waals surface area contributed by atoms with Crippen molar-refractivity contribution in [1.29, 1.82) is 0 Å². The number of ether oxygens (including phenoxy) is 1. The topological polar surface area (TPSA) is 46.6 Å². The van der Waals surface area contributed by atoms with Gasteiger partial charge in [0.2, 0.25) is 0 Å². The number of allylic oxidation sites excluding steroid dienone is 1. The highest BCUT2D eigenvalue weighted by molar-refractivity contribution is 7.08. The molecule has 26 heavy (non-hydrogen) atoms. The third kappa shape index (κ3) is 3.63. The lowest BCUT2D eigenvalue weighted by Gasteiger charge is -2.23. The monoisotopic (exact) mass is 367 g/mol. The highest BCUT2D eigenvalue weighted by Gasteiger charge is 2.38. The second-order valence-corrected chi connectivity index (χ2v) is 7.47. The average Bonchev–Trinajstić information content (AvgIpc) is 3.21. The van der Waals surface area contributed by atoms with Gasteiger partial charge in [-0.25, -0.2) is 4.79 Å². The lowest BCUT2D eigenvalue weighted by atomic mass is 9.83. The van der Waals surface area contributed by atoms with Crippen molar-refractivity contribution in [3.05, 3.63) is 70.1 Å². The van der Waals surface area contributed by atoms with E-state index >= 15 is 0 Å². The van der Waals surface area contributed by atoms with Crippen LogP contribution >= 0.6 is 11.3 Å². The molecule has 134 valence electrons. The Morgan fingerprint density at radius 1 is 1.23 bits per heavy atom. The Bertz CT molecular complexity index is 878. The molecule has 0 unspecified atom stereocenters. The van der Waals surface area contributed by atoms with Crippen molar-refractivity contribution in [2.75, 3.05) is 18.6 Å². The normalized spacial score (nSPS) is 16.9. The smallest absolute Gasteiger partial charge is 0.331 e. The van der Waals surface area contributed by atoms with Crippen LogP contribution in [0, 0.1) is 0 Å². The van der Waals surface area contributed by atoms with Crippen molar-refractivity contribution in [2.24, 2.45) is 0 Å². The number of fused-ring (bicyclic) bond motifs is 1. The van der Waals surface area contributed by atoms with Crippen LogP contribution in [-0.2, 0) is 19.7 Å². The molecule has 0 bridgehead atoms. The number of carbonyl (C=O) groups is 2. The summed E-state index contributed by atoms with van der Waals surface area (Å²) in [5, 5.41) is 3.85. The number of hydrogen-bond donors (Lipinski definition) is 0. The van der Waals surface area contributed by atoms with Crippen LogP contribution in [0.25, 0.3) is 6.08 Å². The van der Waals surface area contributed by atoms with E-state index in [4.69, 9.17) is 4.74 Å². The molecular formula is C21H21NO3S. The summed E-state index contributed by atoms with van der Waals surface area (Å²) in [5.74, 6) is -0.754.